The molecule has 1 aliphatic rings. The van der Waals surface area contributed by atoms with Gasteiger partial charge >= 0.3 is 141 Å². The van der Waals surface area contributed by atoms with E-state index in [4.69, 9.17) is 0 Å². The maximum absolute atomic E-state index is 11.8. The summed E-state index contributed by atoms with van der Waals surface area (Å²) in [5.41, 5.74) is 3.23. The van der Waals surface area contributed by atoms with Gasteiger partial charge in [0.15, 0.2) is 0 Å². The summed E-state index contributed by atoms with van der Waals surface area (Å²) >= 11 is -0.446. The number of aryl methyl sites for hydroxylation is 1. The normalized spacial score (nSPS) is 15.0. The number of rotatable bonds is 1. The van der Waals surface area contributed by atoms with Crippen LogP contribution in [0.25, 0.3) is 0 Å². The summed E-state index contributed by atoms with van der Waals surface area (Å²) in [6.45, 7) is 2.07. The van der Waals surface area contributed by atoms with Crippen LogP contribution in [-0.4, -0.2) is 26.0 Å². The Hall–Kier alpha value is -1.59. The van der Waals surface area contributed by atoms with Gasteiger partial charge < -0.3 is 0 Å². The van der Waals surface area contributed by atoms with E-state index < -0.39 is 26.5 Å². The van der Waals surface area contributed by atoms with Crippen LogP contribution in [0.2, 0.25) is 0 Å². The Morgan fingerprint density at radius 3 is 1.77 bits per heavy atom. The molecule has 1 N–H and O–H groups in total. The van der Waals surface area contributed by atoms with Crippen molar-refractivity contribution in [1.29, 1.82) is 0 Å². The van der Waals surface area contributed by atoms with E-state index in [1.807, 2.05) is 12.1 Å². The Kier molecular flexibility index (Phi) is 3.35. The molecule has 3 aromatic rings. The third kappa shape index (κ3) is 2.03. The van der Waals surface area contributed by atoms with E-state index in [0.29, 0.717) is 0 Å². The summed E-state index contributed by atoms with van der Waals surface area (Å²) in [7, 11) is 0. The van der Waals surface area contributed by atoms with Crippen molar-refractivity contribution in [3.8, 4) is 0 Å². The minimum absolute atomic E-state index is 0.446. The molecule has 2 heteroatoms. The van der Waals surface area contributed by atoms with E-state index in [-0.39, 0.29) is 0 Å². The minimum atomic E-state index is -1.04. The van der Waals surface area contributed by atoms with Gasteiger partial charge in [-0.1, -0.05) is 0 Å². The average Bonchev–Trinajstić information content (AvgIpc) is 2.56. The molecule has 0 aliphatic carbocycles. The van der Waals surface area contributed by atoms with Crippen molar-refractivity contribution >= 4 is 28.1 Å². The molecule has 0 fully saturated rings. The zero-order valence-corrected chi connectivity index (χ0v) is 14.6. The van der Waals surface area contributed by atoms with Gasteiger partial charge in [-0.2, -0.15) is 0 Å². The summed E-state index contributed by atoms with van der Waals surface area (Å²) in [6.07, 6.45) is 0. The van der Waals surface area contributed by atoms with E-state index in [2.05, 4.69) is 67.6 Å². The number of benzene rings is 3. The molecule has 1 aliphatic heterocycles. The molecule has 1 heterocycles. The quantitative estimate of drug-likeness (QED) is 0.622. The molecule has 0 spiro atoms. The Bertz CT molecular complexity index is 791. The molecule has 0 bridgehead atoms. The van der Waals surface area contributed by atoms with E-state index in [9.17, 15) is 5.11 Å². The van der Waals surface area contributed by atoms with Gasteiger partial charge in [0.05, 0.1) is 0 Å². The Labute approximate surface area is 140 Å². The van der Waals surface area contributed by atoms with Gasteiger partial charge in [-0.3, -0.25) is 0 Å². The van der Waals surface area contributed by atoms with Crippen LogP contribution in [0.1, 0.15) is 22.3 Å². The molecule has 0 saturated heterocycles. The molecule has 0 amide bonds. The van der Waals surface area contributed by atoms with E-state index in [0.717, 1.165) is 16.7 Å². The van der Waals surface area contributed by atoms with Crippen molar-refractivity contribution in [2.45, 2.75) is 12.5 Å². The number of aliphatic hydroxyl groups is 1. The Morgan fingerprint density at radius 2 is 1.23 bits per heavy atom. The van der Waals surface area contributed by atoms with Crippen molar-refractivity contribution in [3.05, 3.63) is 95.1 Å². The van der Waals surface area contributed by atoms with Crippen molar-refractivity contribution in [2.24, 2.45) is 0 Å². The molecule has 0 saturated carbocycles. The summed E-state index contributed by atoms with van der Waals surface area (Å²) in [5.74, 6) is 0. The molecule has 108 valence electrons. The molecule has 0 atom stereocenters. The first-order valence-electron chi connectivity index (χ1n) is 7.36. The molecular formula is C20H16OTe. The van der Waals surface area contributed by atoms with Gasteiger partial charge in [0, 0.05) is 0 Å². The van der Waals surface area contributed by atoms with Gasteiger partial charge in [-0.05, 0) is 0 Å². The summed E-state index contributed by atoms with van der Waals surface area (Å²) in [6, 6.07) is 25.0. The average molecular weight is 400 g/mol. The van der Waals surface area contributed by atoms with Crippen LogP contribution >= 0.6 is 0 Å². The molecule has 0 aromatic heterocycles. The van der Waals surface area contributed by atoms with Crippen molar-refractivity contribution in [1.82, 2.24) is 0 Å². The summed E-state index contributed by atoms with van der Waals surface area (Å²) in [5, 5.41) is 11.8. The zero-order valence-electron chi connectivity index (χ0n) is 12.3. The van der Waals surface area contributed by atoms with Gasteiger partial charge in [0.25, 0.3) is 0 Å². The Morgan fingerprint density at radius 1 is 0.727 bits per heavy atom. The molecule has 22 heavy (non-hydrogen) atoms. The molecule has 4 rings (SSSR count). The van der Waals surface area contributed by atoms with Crippen molar-refractivity contribution in [3.63, 3.8) is 0 Å². The second-order valence-electron chi connectivity index (χ2n) is 5.67. The maximum atomic E-state index is 11.8. The summed E-state index contributed by atoms with van der Waals surface area (Å²) in [4.78, 5) is 0. The van der Waals surface area contributed by atoms with Gasteiger partial charge in [0.2, 0.25) is 0 Å². The first-order valence-corrected chi connectivity index (χ1v) is 9.69. The molecular weight excluding hydrogens is 384 g/mol. The van der Waals surface area contributed by atoms with Crippen LogP contribution in [0.15, 0.2) is 72.8 Å². The van der Waals surface area contributed by atoms with E-state index in [1.54, 1.807) is 0 Å². The second kappa shape index (κ2) is 5.25. The fraction of sp³-hybridized carbons (Fsp3) is 0.100. The third-order valence-electron chi connectivity index (χ3n) is 4.24. The number of hydrogen-bond acceptors (Lipinski definition) is 1. The predicted octanol–water partition coefficient (Wildman–Crippen LogP) is 2.25. The number of fused-ring (bicyclic) bond motifs is 2. The van der Waals surface area contributed by atoms with E-state index >= 15 is 0 Å². The molecule has 0 radical (unpaired) electrons. The zero-order chi connectivity index (χ0) is 15.2. The second-order valence-corrected chi connectivity index (χ2v) is 8.76. The molecule has 1 nitrogen and oxygen atoms in total. The predicted molar refractivity (Wildman–Crippen MR) is 91.2 cm³/mol. The molecule has 0 unspecified atom stereocenters. The van der Waals surface area contributed by atoms with E-state index in [1.165, 1.54) is 12.8 Å². The molecule has 3 aromatic carbocycles. The fourth-order valence-corrected chi connectivity index (χ4v) is 6.45. The third-order valence-corrected chi connectivity index (χ3v) is 7.53. The van der Waals surface area contributed by atoms with Crippen molar-refractivity contribution in [2.75, 3.05) is 0 Å². The Balaban J connectivity index is 2.03. The van der Waals surface area contributed by atoms with Crippen LogP contribution < -0.4 is 7.22 Å². The van der Waals surface area contributed by atoms with Gasteiger partial charge in [-0.25, -0.2) is 0 Å². The first kappa shape index (κ1) is 14.0. The van der Waals surface area contributed by atoms with Gasteiger partial charge in [0.1, 0.15) is 0 Å². The van der Waals surface area contributed by atoms with Crippen LogP contribution in [-0.2, 0) is 5.60 Å². The van der Waals surface area contributed by atoms with Crippen LogP contribution in [0.4, 0.5) is 0 Å². The monoisotopic (exact) mass is 402 g/mol. The fourth-order valence-electron chi connectivity index (χ4n) is 3.08. The first-order chi connectivity index (χ1) is 10.7. The van der Waals surface area contributed by atoms with Crippen LogP contribution in [0.5, 0.6) is 0 Å². The van der Waals surface area contributed by atoms with Crippen LogP contribution in [0.3, 0.4) is 0 Å². The summed E-state index contributed by atoms with van der Waals surface area (Å²) < 4.78 is 2.66. The van der Waals surface area contributed by atoms with Crippen molar-refractivity contribution < 1.29 is 5.11 Å². The topological polar surface area (TPSA) is 20.2 Å². The van der Waals surface area contributed by atoms with Crippen LogP contribution in [0, 0.1) is 6.92 Å². The van der Waals surface area contributed by atoms with Gasteiger partial charge in [-0.15, -0.1) is 0 Å². The number of hydrogen-bond donors (Lipinski definition) is 1. The standard InChI is InChI=1S/C20H16OTe/c1-14-10-12-15(13-11-14)20(21)16-6-2-4-8-18(16)22-19-9-5-3-7-17(19)20/h2-13,21H,1H3. The SMILES string of the molecule is Cc1ccc(C2(O)c3ccccc3[Te]c3ccccc32)cc1.